The molecule has 1 aromatic carbocycles. The Morgan fingerprint density at radius 1 is 1.25 bits per heavy atom. The lowest BCUT2D eigenvalue weighted by molar-refractivity contribution is -0.115. The Hall–Kier alpha value is -1.37. The summed E-state index contributed by atoms with van der Waals surface area (Å²) in [7, 11) is 0. The number of aromatic nitrogens is 1. The molecule has 0 unspecified atom stereocenters. The first kappa shape index (κ1) is 13.6. The maximum atomic E-state index is 11.7. The van der Waals surface area contributed by atoms with Gasteiger partial charge in [0.2, 0.25) is 0 Å². The Morgan fingerprint density at radius 2 is 2.00 bits per heavy atom. The standard InChI is InChI=1S/C14H9BrN2OS2/c15-9-3-5-10(6-4-9)17-7-1-2-11(17)8-12-13(18)16-14(19)20-12/h1-8H,(H,16,18,19)/b12-8-. The largest absolute Gasteiger partial charge is 0.317 e. The highest BCUT2D eigenvalue weighted by atomic mass is 79.9. The molecule has 3 nitrogen and oxygen atoms in total. The minimum atomic E-state index is -0.136. The molecule has 0 atom stereocenters. The third kappa shape index (κ3) is 2.72. The highest BCUT2D eigenvalue weighted by molar-refractivity contribution is 9.10. The lowest BCUT2D eigenvalue weighted by atomic mass is 10.3. The van der Waals surface area contributed by atoms with E-state index in [1.165, 1.54) is 11.8 Å². The monoisotopic (exact) mass is 364 g/mol. The number of nitrogens with zero attached hydrogens (tertiary/aromatic N) is 1. The molecule has 6 heteroatoms. The zero-order chi connectivity index (χ0) is 14.1. The number of carbonyl (C=O) groups excluding carboxylic acids is 1. The number of carbonyl (C=O) groups is 1. The van der Waals surface area contributed by atoms with Crippen molar-refractivity contribution in [1.82, 2.24) is 9.88 Å². The van der Waals surface area contributed by atoms with Crippen molar-refractivity contribution in [2.75, 3.05) is 0 Å². The number of thiocarbonyl (C=S) groups is 1. The van der Waals surface area contributed by atoms with Gasteiger partial charge in [-0.2, -0.15) is 0 Å². The van der Waals surface area contributed by atoms with Crippen LogP contribution >= 0.6 is 39.9 Å². The Kier molecular flexibility index (Phi) is 3.78. The maximum Gasteiger partial charge on any atom is 0.263 e. The molecular weight excluding hydrogens is 356 g/mol. The molecular formula is C14H9BrN2OS2. The fourth-order valence-electron chi connectivity index (χ4n) is 1.90. The van der Waals surface area contributed by atoms with E-state index in [1.807, 2.05) is 53.2 Å². The van der Waals surface area contributed by atoms with Crippen molar-refractivity contribution in [3.05, 3.63) is 57.7 Å². The molecule has 0 saturated carbocycles. The number of hydrogen-bond donors (Lipinski definition) is 1. The number of thioether (sulfide) groups is 1. The van der Waals surface area contributed by atoms with Gasteiger partial charge in [0.15, 0.2) is 0 Å². The van der Waals surface area contributed by atoms with E-state index < -0.39 is 0 Å². The summed E-state index contributed by atoms with van der Waals surface area (Å²) in [6, 6.07) is 11.9. The van der Waals surface area contributed by atoms with E-state index in [0.717, 1.165) is 15.9 Å². The van der Waals surface area contributed by atoms with Crippen molar-refractivity contribution >= 4 is 56.2 Å². The third-order valence-corrected chi connectivity index (χ3v) is 4.50. The molecule has 0 spiro atoms. The van der Waals surface area contributed by atoms with Gasteiger partial charge in [0, 0.05) is 22.1 Å². The second-order valence-corrected chi connectivity index (χ2v) is 6.77. The molecule has 1 aliphatic heterocycles. The number of halogens is 1. The van der Waals surface area contributed by atoms with Crippen molar-refractivity contribution in [3.8, 4) is 5.69 Å². The predicted octanol–water partition coefficient (Wildman–Crippen LogP) is 3.73. The van der Waals surface area contributed by atoms with Crippen molar-refractivity contribution in [1.29, 1.82) is 0 Å². The molecule has 1 N–H and O–H groups in total. The summed E-state index contributed by atoms with van der Waals surface area (Å²) in [6.45, 7) is 0. The molecule has 0 bridgehead atoms. The van der Waals surface area contributed by atoms with Gasteiger partial charge in [0.1, 0.15) is 4.32 Å². The van der Waals surface area contributed by atoms with Crippen LogP contribution in [-0.4, -0.2) is 14.8 Å². The van der Waals surface area contributed by atoms with E-state index in [-0.39, 0.29) is 5.91 Å². The summed E-state index contributed by atoms with van der Waals surface area (Å²) in [6.07, 6.45) is 3.81. The predicted molar refractivity (Wildman–Crippen MR) is 89.8 cm³/mol. The number of rotatable bonds is 2. The van der Waals surface area contributed by atoms with Gasteiger partial charge in [-0.15, -0.1) is 0 Å². The van der Waals surface area contributed by atoms with Crippen LogP contribution in [-0.2, 0) is 4.79 Å². The van der Waals surface area contributed by atoms with Crippen LogP contribution in [0.2, 0.25) is 0 Å². The van der Waals surface area contributed by atoms with Crippen molar-refractivity contribution in [3.63, 3.8) is 0 Å². The zero-order valence-corrected chi connectivity index (χ0v) is 13.4. The van der Waals surface area contributed by atoms with Crippen LogP contribution in [0.25, 0.3) is 11.8 Å². The molecule has 3 rings (SSSR count). The molecule has 0 radical (unpaired) electrons. The number of amides is 1. The van der Waals surface area contributed by atoms with Gasteiger partial charge >= 0.3 is 0 Å². The third-order valence-electron chi connectivity index (χ3n) is 2.81. The molecule has 1 amide bonds. The van der Waals surface area contributed by atoms with Crippen LogP contribution in [0, 0.1) is 0 Å². The van der Waals surface area contributed by atoms with Gasteiger partial charge in [0.05, 0.1) is 4.91 Å². The molecule has 1 fully saturated rings. The minimum Gasteiger partial charge on any atom is -0.317 e. The first-order chi connectivity index (χ1) is 9.63. The molecule has 1 aliphatic rings. The average Bonchev–Trinajstić information content (AvgIpc) is 2.98. The Bertz CT molecular complexity index is 719. The summed E-state index contributed by atoms with van der Waals surface area (Å²) in [5.74, 6) is -0.136. The topological polar surface area (TPSA) is 34.0 Å². The van der Waals surface area contributed by atoms with Crippen molar-refractivity contribution < 1.29 is 4.79 Å². The zero-order valence-electron chi connectivity index (χ0n) is 10.2. The Labute approximate surface area is 134 Å². The van der Waals surface area contributed by atoms with Gasteiger partial charge in [-0.05, 0) is 42.5 Å². The fourth-order valence-corrected chi connectivity index (χ4v) is 3.20. The smallest absolute Gasteiger partial charge is 0.263 e. The first-order valence-corrected chi connectivity index (χ1v) is 7.83. The lowest BCUT2D eigenvalue weighted by Crippen LogP contribution is -2.17. The summed E-state index contributed by atoms with van der Waals surface area (Å²) < 4.78 is 3.56. The fraction of sp³-hybridized carbons (Fsp3) is 0. The second-order valence-electron chi connectivity index (χ2n) is 4.13. The summed E-state index contributed by atoms with van der Waals surface area (Å²) in [5.41, 5.74) is 1.98. The highest BCUT2D eigenvalue weighted by Gasteiger charge is 2.22. The average molecular weight is 365 g/mol. The summed E-state index contributed by atoms with van der Waals surface area (Å²) in [4.78, 5) is 12.3. The molecule has 1 aromatic heterocycles. The number of benzene rings is 1. The first-order valence-electron chi connectivity index (χ1n) is 5.81. The number of hydrogen-bond acceptors (Lipinski definition) is 3. The van der Waals surface area contributed by atoms with Crippen LogP contribution in [0.5, 0.6) is 0 Å². The quantitative estimate of drug-likeness (QED) is 0.651. The van der Waals surface area contributed by atoms with Gasteiger partial charge in [-0.3, -0.25) is 4.79 Å². The van der Waals surface area contributed by atoms with Crippen LogP contribution in [0.15, 0.2) is 52.0 Å². The van der Waals surface area contributed by atoms with E-state index in [9.17, 15) is 4.79 Å². The van der Waals surface area contributed by atoms with Crippen LogP contribution in [0.1, 0.15) is 5.69 Å². The van der Waals surface area contributed by atoms with E-state index in [2.05, 4.69) is 21.2 Å². The van der Waals surface area contributed by atoms with Gasteiger partial charge in [0.25, 0.3) is 5.91 Å². The normalized spacial score (nSPS) is 16.8. The Balaban J connectivity index is 1.99. The van der Waals surface area contributed by atoms with Crippen LogP contribution in [0.4, 0.5) is 0 Å². The van der Waals surface area contributed by atoms with E-state index in [0.29, 0.717) is 9.23 Å². The molecule has 20 heavy (non-hydrogen) atoms. The van der Waals surface area contributed by atoms with Gasteiger partial charge in [-0.25, -0.2) is 0 Å². The SMILES string of the molecule is O=C1NC(=S)S/C1=C\c1cccn1-c1ccc(Br)cc1. The summed E-state index contributed by atoms with van der Waals surface area (Å²) in [5, 5.41) is 2.62. The van der Waals surface area contributed by atoms with E-state index in [1.54, 1.807) is 0 Å². The van der Waals surface area contributed by atoms with E-state index in [4.69, 9.17) is 12.2 Å². The Morgan fingerprint density at radius 3 is 2.65 bits per heavy atom. The molecule has 0 aliphatic carbocycles. The van der Waals surface area contributed by atoms with Gasteiger partial charge in [-0.1, -0.05) is 39.9 Å². The molecule has 2 aromatic rings. The molecule has 2 heterocycles. The van der Waals surface area contributed by atoms with Crippen molar-refractivity contribution in [2.24, 2.45) is 0 Å². The second kappa shape index (κ2) is 5.55. The molecule has 100 valence electrons. The van der Waals surface area contributed by atoms with E-state index >= 15 is 0 Å². The molecule has 1 saturated heterocycles. The maximum absolute atomic E-state index is 11.7. The summed E-state index contributed by atoms with van der Waals surface area (Å²) >= 11 is 9.70. The van der Waals surface area contributed by atoms with Crippen LogP contribution < -0.4 is 5.32 Å². The lowest BCUT2D eigenvalue weighted by Gasteiger charge is -2.07. The van der Waals surface area contributed by atoms with Gasteiger partial charge < -0.3 is 9.88 Å². The number of nitrogens with one attached hydrogen (secondary N) is 1. The minimum absolute atomic E-state index is 0.136. The van der Waals surface area contributed by atoms with Crippen LogP contribution in [0.3, 0.4) is 0 Å². The van der Waals surface area contributed by atoms with Crippen molar-refractivity contribution in [2.45, 2.75) is 0 Å². The highest BCUT2D eigenvalue weighted by Crippen LogP contribution is 2.27.